The van der Waals surface area contributed by atoms with Gasteiger partial charge in [0.25, 0.3) is 0 Å². The molecule has 1 fully saturated rings. The number of aliphatic hydroxyl groups excluding tert-OH is 1. The van der Waals surface area contributed by atoms with Gasteiger partial charge in [-0.1, -0.05) is 0 Å². The SMILES string of the molecule is Cc1c(-c2ccc(C(F)(F)F)cc2O)nnc2c1CCCN2C1CCCC(O)C1. The molecule has 29 heavy (non-hydrogen) atoms. The summed E-state index contributed by atoms with van der Waals surface area (Å²) in [5.41, 5.74) is 1.59. The Morgan fingerprint density at radius 2 is 1.93 bits per heavy atom. The van der Waals surface area contributed by atoms with E-state index in [2.05, 4.69) is 15.1 Å². The summed E-state index contributed by atoms with van der Waals surface area (Å²) in [4.78, 5) is 2.22. The number of anilines is 1. The zero-order chi connectivity index (χ0) is 20.8. The van der Waals surface area contributed by atoms with Crippen LogP contribution in [0, 0.1) is 6.92 Å². The average molecular weight is 407 g/mol. The first-order valence-electron chi connectivity index (χ1n) is 9.97. The first kappa shape index (κ1) is 19.9. The van der Waals surface area contributed by atoms with E-state index >= 15 is 0 Å². The minimum Gasteiger partial charge on any atom is -0.507 e. The van der Waals surface area contributed by atoms with Crippen molar-refractivity contribution in [2.24, 2.45) is 0 Å². The topological polar surface area (TPSA) is 69.5 Å². The summed E-state index contributed by atoms with van der Waals surface area (Å²) in [5.74, 6) is 0.336. The van der Waals surface area contributed by atoms with E-state index in [0.29, 0.717) is 12.1 Å². The quantitative estimate of drug-likeness (QED) is 0.780. The molecule has 1 aliphatic heterocycles. The maximum absolute atomic E-state index is 12.9. The number of alkyl halides is 3. The van der Waals surface area contributed by atoms with E-state index in [-0.39, 0.29) is 17.7 Å². The van der Waals surface area contributed by atoms with E-state index in [0.717, 1.165) is 67.7 Å². The van der Waals surface area contributed by atoms with E-state index < -0.39 is 17.5 Å². The van der Waals surface area contributed by atoms with Crippen LogP contribution in [0.15, 0.2) is 18.2 Å². The lowest BCUT2D eigenvalue weighted by atomic mass is 9.89. The molecular formula is C21H24F3N3O2. The molecule has 0 spiro atoms. The lowest BCUT2D eigenvalue weighted by molar-refractivity contribution is -0.137. The summed E-state index contributed by atoms with van der Waals surface area (Å²) in [7, 11) is 0. The van der Waals surface area contributed by atoms with Crippen molar-refractivity contribution in [2.45, 2.75) is 63.8 Å². The number of aliphatic hydroxyl groups is 1. The van der Waals surface area contributed by atoms with Gasteiger partial charge in [0, 0.05) is 23.7 Å². The maximum atomic E-state index is 12.9. The molecule has 0 bridgehead atoms. The van der Waals surface area contributed by atoms with Crippen LogP contribution in [0.2, 0.25) is 0 Å². The molecule has 0 saturated heterocycles. The molecule has 2 aliphatic rings. The number of rotatable bonds is 2. The number of aromatic nitrogens is 2. The lowest BCUT2D eigenvalue weighted by Gasteiger charge is -2.40. The van der Waals surface area contributed by atoms with Crippen molar-refractivity contribution in [3.05, 3.63) is 34.9 Å². The van der Waals surface area contributed by atoms with E-state index in [4.69, 9.17) is 0 Å². The van der Waals surface area contributed by atoms with Gasteiger partial charge < -0.3 is 15.1 Å². The second-order valence-corrected chi connectivity index (χ2v) is 7.98. The number of nitrogens with zero attached hydrogens (tertiary/aromatic N) is 3. The van der Waals surface area contributed by atoms with Gasteiger partial charge in [-0.15, -0.1) is 10.2 Å². The Bertz CT molecular complexity index is 917. The van der Waals surface area contributed by atoms with Crippen molar-refractivity contribution in [2.75, 3.05) is 11.4 Å². The fraction of sp³-hybridized carbons (Fsp3) is 0.524. The molecule has 1 aromatic carbocycles. The van der Waals surface area contributed by atoms with Crippen molar-refractivity contribution in [3.63, 3.8) is 0 Å². The molecule has 156 valence electrons. The zero-order valence-electron chi connectivity index (χ0n) is 16.2. The van der Waals surface area contributed by atoms with E-state index in [1.54, 1.807) is 0 Å². The third kappa shape index (κ3) is 3.77. The molecule has 1 aromatic heterocycles. The van der Waals surface area contributed by atoms with Gasteiger partial charge in [-0.2, -0.15) is 13.2 Å². The van der Waals surface area contributed by atoms with Gasteiger partial charge in [-0.25, -0.2) is 0 Å². The Hall–Kier alpha value is -2.35. The first-order chi connectivity index (χ1) is 13.8. The summed E-state index contributed by atoms with van der Waals surface area (Å²) in [6, 6.07) is 3.15. The van der Waals surface area contributed by atoms with E-state index in [9.17, 15) is 23.4 Å². The average Bonchev–Trinajstić information content (AvgIpc) is 2.68. The molecule has 2 aromatic rings. The number of halogens is 3. The summed E-state index contributed by atoms with van der Waals surface area (Å²) < 4.78 is 38.7. The second kappa shape index (κ2) is 7.48. The summed E-state index contributed by atoms with van der Waals surface area (Å²) in [5, 5.41) is 29.0. The van der Waals surface area contributed by atoms with Crippen molar-refractivity contribution in [1.82, 2.24) is 10.2 Å². The number of hydrogen-bond donors (Lipinski definition) is 2. The van der Waals surface area contributed by atoms with Crippen LogP contribution in [0.5, 0.6) is 5.75 Å². The first-order valence-corrected chi connectivity index (χ1v) is 9.97. The van der Waals surface area contributed by atoms with Crippen LogP contribution in [0.1, 0.15) is 48.8 Å². The number of hydrogen-bond acceptors (Lipinski definition) is 5. The minimum atomic E-state index is -4.52. The van der Waals surface area contributed by atoms with Crippen LogP contribution in [0.4, 0.5) is 19.0 Å². The molecule has 0 radical (unpaired) electrons. The number of benzene rings is 1. The van der Waals surface area contributed by atoms with Crippen LogP contribution in [-0.4, -0.2) is 39.1 Å². The Morgan fingerprint density at radius 1 is 1.14 bits per heavy atom. The molecule has 1 aliphatic carbocycles. The van der Waals surface area contributed by atoms with Gasteiger partial charge in [-0.3, -0.25) is 0 Å². The van der Waals surface area contributed by atoms with Crippen molar-refractivity contribution in [3.8, 4) is 17.0 Å². The van der Waals surface area contributed by atoms with Crippen LogP contribution in [0.25, 0.3) is 11.3 Å². The number of phenols is 1. The predicted octanol–water partition coefficient (Wildman–Crippen LogP) is 4.23. The summed E-state index contributed by atoms with van der Waals surface area (Å²) >= 11 is 0. The Balaban J connectivity index is 1.70. The Morgan fingerprint density at radius 3 is 2.62 bits per heavy atom. The highest BCUT2D eigenvalue weighted by Crippen LogP contribution is 2.40. The van der Waals surface area contributed by atoms with Gasteiger partial charge >= 0.3 is 6.18 Å². The Labute approximate surface area is 167 Å². The molecule has 4 rings (SSSR count). The van der Waals surface area contributed by atoms with Crippen molar-refractivity contribution >= 4 is 5.82 Å². The zero-order valence-corrected chi connectivity index (χ0v) is 16.2. The standard InChI is InChI=1S/C21H24F3N3O2/c1-12-16-6-3-9-27(14-4-2-5-15(28)11-14)20(16)26-25-19(12)17-8-7-13(10-18(17)29)21(22,23)24/h7-8,10,14-15,28-29H,2-6,9,11H2,1H3. The highest BCUT2D eigenvalue weighted by atomic mass is 19.4. The fourth-order valence-corrected chi connectivity index (χ4v) is 4.55. The molecular weight excluding hydrogens is 383 g/mol. The fourth-order valence-electron chi connectivity index (χ4n) is 4.55. The van der Waals surface area contributed by atoms with Crippen LogP contribution < -0.4 is 4.90 Å². The minimum absolute atomic E-state index is 0.219. The summed E-state index contributed by atoms with van der Waals surface area (Å²) in [6.45, 7) is 2.72. The monoisotopic (exact) mass is 407 g/mol. The van der Waals surface area contributed by atoms with E-state index in [1.165, 1.54) is 6.07 Å². The van der Waals surface area contributed by atoms with Crippen LogP contribution >= 0.6 is 0 Å². The molecule has 0 amide bonds. The second-order valence-electron chi connectivity index (χ2n) is 7.98. The Kier molecular flexibility index (Phi) is 5.14. The third-order valence-electron chi connectivity index (χ3n) is 6.06. The molecule has 2 N–H and O–H groups in total. The maximum Gasteiger partial charge on any atom is 0.416 e. The number of aromatic hydroxyl groups is 1. The smallest absolute Gasteiger partial charge is 0.416 e. The molecule has 2 unspecified atom stereocenters. The van der Waals surface area contributed by atoms with Gasteiger partial charge in [0.1, 0.15) is 5.75 Å². The molecule has 2 atom stereocenters. The highest BCUT2D eigenvalue weighted by Gasteiger charge is 2.33. The molecule has 1 saturated carbocycles. The van der Waals surface area contributed by atoms with Crippen molar-refractivity contribution < 1.29 is 23.4 Å². The van der Waals surface area contributed by atoms with Gasteiger partial charge in [0.05, 0.1) is 17.4 Å². The van der Waals surface area contributed by atoms with Crippen LogP contribution in [-0.2, 0) is 12.6 Å². The van der Waals surface area contributed by atoms with E-state index in [1.807, 2.05) is 6.92 Å². The molecule has 8 heteroatoms. The largest absolute Gasteiger partial charge is 0.507 e. The van der Waals surface area contributed by atoms with Gasteiger partial charge in [-0.05, 0) is 69.2 Å². The number of fused-ring (bicyclic) bond motifs is 1. The van der Waals surface area contributed by atoms with Gasteiger partial charge in [0.15, 0.2) is 5.82 Å². The predicted molar refractivity (Wildman–Crippen MR) is 103 cm³/mol. The summed E-state index contributed by atoms with van der Waals surface area (Å²) in [6.07, 6.45) is 0.436. The van der Waals surface area contributed by atoms with Crippen molar-refractivity contribution in [1.29, 1.82) is 0 Å². The lowest BCUT2D eigenvalue weighted by Crippen LogP contribution is -2.43. The van der Waals surface area contributed by atoms with Crippen LogP contribution in [0.3, 0.4) is 0 Å². The van der Waals surface area contributed by atoms with Gasteiger partial charge in [0.2, 0.25) is 0 Å². The molecule has 5 nitrogen and oxygen atoms in total. The third-order valence-corrected chi connectivity index (χ3v) is 6.06. The number of phenolic OH excluding ortho intramolecular Hbond substituents is 1. The molecule has 2 heterocycles. The normalized spacial score (nSPS) is 22.4. The highest BCUT2D eigenvalue weighted by molar-refractivity contribution is 5.73.